The summed E-state index contributed by atoms with van der Waals surface area (Å²) in [6, 6.07) is 0.00687. The average molecular weight is 157 g/mol. The van der Waals surface area contributed by atoms with Gasteiger partial charge in [0.2, 0.25) is 0 Å². The highest BCUT2D eigenvalue weighted by molar-refractivity contribution is 4.84. The smallest absolute Gasteiger partial charge is 0.0582 e. The summed E-state index contributed by atoms with van der Waals surface area (Å²) in [6.45, 7) is 2.46. The first kappa shape index (κ1) is 9.01. The summed E-state index contributed by atoms with van der Waals surface area (Å²) in [5.41, 5.74) is 6.17. The van der Waals surface area contributed by atoms with Crippen LogP contribution < -0.4 is 5.73 Å². The van der Waals surface area contributed by atoms with Gasteiger partial charge in [0.25, 0.3) is 0 Å². The van der Waals surface area contributed by atoms with Gasteiger partial charge in [-0.15, -0.1) is 0 Å². The molecule has 1 aliphatic carbocycles. The topological polar surface area (TPSA) is 46.2 Å². The van der Waals surface area contributed by atoms with E-state index in [1.807, 2.05) is 0 Å². The van der Waals surface area contributed by atoms with E-state index in [4.69, 9.17) is 10.8 Å². The maximum Gasteiger partial charge on any atom is 0.0582 e. The van der Waals surface area contributed by atoms with Crippen LogP contribution in [0.5, 0.6) is 0 Å². The van der Waals surface area contributed by atoms with Gasteiger partial charge in [0, 0.05) is 6.04 Å². The molecule has 1 aliphatic rings. The standard InChI is InChI=1S/C9H19NO/c1-9(4-2-5-9)6-3-8(10)7-11/h8,11H,2-7,10H2,1H3. The first-order chi connectivity index (χ1) is 5.16. The molecule has 3 N–H and O–H groups in total. The molecule has 0 aromatic rings. The van der Waals surface area contributed by atoms with Crippen molar-refractivity contribution in [1.29, 1.82) is 0 Å². The van der Waals surface area contributed by atoms with E-state index >= 15 is 0 Å². The van der Waals surface area contributed by atoms with Crippen LogP contribution in [0.4, 0.5) is 0 Å². The van der Waals surface area contributed by atoms with Crippen molar-refractivity contribution in [3.63, 3.8) is 0 Å². The van der Waals surface area contributed by atoms with Gasteiger partial charge >= 0.3 is 0 Å². The van der Waals surface area contributed by atoms with Gasteiger partial charge in [-0.25, -0.2) is 0 Å². The highest BCUT2D eigenvalue weighted by Gasteiger charge is 2.31. The van der Waals surface area contributed by atoms with Crippen molar-refractivity contribution in [3.8, 4) is 0 Å². The highest BCUT2D eigenvalue weighted by Crippen LogP contribution is 2.44. The number of hydrogen-bond donors (Lipinski definition) is 2. The van der Waals surface area contributed by atoms with Crippen LogP contribution in [0.2, 0.25) is 0 Å². The Bertz CT molecular complexity index is 121. The molecule has 1 atom stereocenters. The fraction of sp³-hybridized carbons (Fsp3) is 1.00. The lowest BCUT2D eigenvalue weighted by Gasteiger charge is -2.39. The largest absolute Gasteiger partial charge is 0.395 e. The molecule has 1 rings (SSSR count). The molecule has 0 bridgehead atoms. The second-order valence-corrected chi connectivity index (χ2v) is 4.15. The lowest BCUT2D eigenvalue weighted by Crippen LogP contribution is -2.31. The van der Waals surface area contributed by atoms with E-state index in [0.717, 1.165) is 6.42 Å². The summed E-state index contributed by atoms with van der Waals surface area (Å²) in [5.74, 6) is 0. The second-order valence-electron chi connectivity index (χ2n) is 4.15. The van der Waals surface area contributed by atoms with Crippen LogP contribution in [0.15, 0.2) is 0 Å². The van der Waals surface area contributed by atoms with Crippen LogP contribution in [0.3, 0.4) is 0 Å². The Kier molecular flexibility index (Phi) is 2.90. The first-order valence-electron chi connectivity index (χ1n) is 4.53. The van der Waals surface area contributed by atoms with Crippen LogP contribution in [-0.4, -0.2) is 17.8 Å². The summed E-state index contributed by atoms with van der Waals surface area (Å²) in [5, 5.41) is 8.70. The van der Waals surface area contributed by atoms with Crippen LogP contribution in [0, 0.1) is 5.41 Å². The molecule has 2 nitrogen and oxygen atoms in total. The van der Waals surface area contributed by atoms with E-state index in [1.54, 1.807) is 0 Å². The predicted octanol–water partition coefficient (Wildman–Crippen LogP) is 1.28. The molecule has 0 heterocycles. The quantitative estimate of drug-likeness (QED) is 0.645. The van der Waals surface area contributed by atoms with Crippen molar-refractivity contribution in [1.82, 2.24) is 0 Å². The van der Waals surface area contributed by atoms with Gasteiger partial charge in [-0.2, -0.15) is 0 Å². The predicted molar refractivity (Wildman–Crippen MR) is 46.3 cm³/mol. The summed E-state index contributed by atoms with van der Waals surface area (Å²) in [6.07, 6.45) is 6.25. The number of aliphatic hydroxyl groups is 1. The van der Waals surface area contributed by atoms with Crippen LogP contribution in [-0.2, 0) is 0 Å². The lowest BCUT2D eigenvalue weighted by molar-refractivity contribution is 0.132. The summed E-state index contributed by atoms with van der Waals surface area (Å²) in [4.78, 5) is 0. The summed E-state index contributed by atoms with van der Waals surface area (Å²) >= 11 is 0. The van der Waals surface area contributed by atoms with Gasteiger partial charge in [-0.05, 0) is 31.1 Å². The number of rotatable bonds is 4. The molecule has 0 amide bonds. The molecule has 66 valence electrons. The lowest BCUT2D eigenvalue weighted by atomic mass is 9.67. The molecule has 0 saturated heterocycles. The third-order valence-corrected chi connectivity index (χ3v) is 2.91. The molecular formula is C9H19NO. The highest BCUT2D eigenvalue weighted by atomic mass is 16.3. The Morgan fingerprint density at radius 2 is 2.18 bits per heavy atom. The fourth-order valence-corrected chi connectivity index (χ4v) is 1.66. The van der Waals surface area contributed by atoms with Gasteiger partial charge < -0.3 is 10.8 Å². The molecule has 0 spiro atoms. The number of nitrogens with two attached hydrogens (primary N) is 1. The molecule has 0 radical (unpaired) electrons. The Balaban J connectivity index is 2.11. The molecule has 11 heavy (non-hydrogen) atoms. The molecule has 0 aliphatic heterocycles. The summed E-state index contributed by atoms with van der Waals surface area (Å²) < 4.78 is 0. The van der Waals surface area contributed by atoms with Crippen molar-refractivity contribution in [2.75, 3.05) is 6.61 Å². The van der Waals surface area contributed by atoms with E-state index < -0.39 is 0 Å². The molecule has 1 unspecified atom stereocenters. The van der Waals surface area contributed by atoms with Gasteiger partial charge in [-0.3, -0.25) is 0 Å². The monoisotopic (exact) mass is 157 g/mol. The van der Waals surface area contributed by atoms with Gasteiger partial charge in [-0.1, -0.05) is 13.3 Å². The van der Waals surface area contributed by atoms with Crippen LogP contribution in [0.1, 0.15) is 39.0 Å². The zero-order valence-corrected chi connectivity index (χ0v) is 7.34. The maximum absolute atomic E-state index is 8.70. The van der Waals surface area contributed by atoms with Gasteiger partial charge in [0.05, 0.1) is 6.61 Å². The van der Waals surface area contributed by atoms with Crippen molar-refractivity contribution < 1.29 is 5.11 Å². The molecule has 1 saturated carbocycles. The Hall–Kier alpha value is -0.0800. The molecule has 2 heteroatoms. The Labute approximate surface area is 68.8 Å². The van der Waals surface area contributed by atoms with E-state index in [1.165, 1.54) is 25.7 Å². The number of aliphatic hydroxyl groups excluding tert-OH is 1. The molecule has 1 fully saturated rings. The normalized spacial score (nSPS) is 24.3. The van der Waals surface area contributed by atoms with Crippen molar-refractivity contribution >= 4 is 0 Å². The Morgan fingerprint density at radius 3 is 2.55 bits per heavy atom. The van der Waals surface area contributed by atoms with E-state index in [9.17, 15) is 0 Å². The average Bonchev–Trinajstić information content (AvgIpc) is 1.96. The second kappa shape index (κ2) is 3.55. The fourth-order valence-electron chi connectivity index (χ4n) is 1.66. The molecular weight excluding hydrogens is 138 g/mol. The number of hydrogen-bond acceptors (Lipinski definition) is 2. The van der Waals surface area contributed by atoms with Crippen LogP contribution in [0.25, 0.3) is 0 Å². The minimum absolute atomic E-state index is 0.00687. The van der Waals surface area contributed by atoms with E-state index in [2.05, 4.69) is 6.92 Å². The third-order valence-electron chi connectivity index (χ3n) is 2.91. The van der Waals surface area contributed by atoms with E-state index in [-0.39, 0.29) is 12.6 Å². The van der Waals surface area contributed by atoms with Crippen molar-refractivity contribution in [2.24, 2.45) is 11.1 Å². The minimum atomic E-state index is 0.00687. The molecule has 0 aromatic carbocycles. The maximum atomic E-state index is 8.70. The van der Waals surface area contributed by atoms with Crippen LogP contribution >= 0.6 is 0 Å². The zero-order valence-electron chi connectivity index (χ0n) is 7.34. The third kappa shape index (κ3) is 2.46. The van der Waals surface area contributed by atoms with Crippen molar-refractivity contribution in [3.05, 3.63) is 0 Å². The van der Waals surface area contributed by atoms with Gasteiger partial charge in [0.15, 0.2) is 0 Å². The van der Waals surface area contributed by atoms with Crippen molar-refractivity contribution in [2.45, 2.75) is 45.1 Å². The van der Waals surface area contributed by atoms with E-state index in [0.29, 0.717) is 5.41 Å². The zero-order chi connectivity index (χ0) is 8.32. The SMILES string of the molecule is CC1(CCC(N)CO)CCC1. The first-order valence-corrected chi connectivity index (χ1v) is 4.53. The molecule has 0 aromatic heterocycles. The Morgan fingerprint density at radius 1 is 1.55 bits per heavy atom. The minimum Gasteiger partial charge on any atom is -0.395 e. The van der Waals surface area contributed by atoms with Gasteiger partial charge in [0.1, 0.15) is 0 Å². The summed E-state index contributed by atoms with van der Waals surface area (Å²) in [7, 11) is 0.